The highest BCUT2D eigenvalue weighted by Crippen LogP contribution is 2.50. The summed E-state index contributed by atoms with van der Waals surface area (Å²) in [5.74, 6) is 1.29. The average Bonchev–Trinajstić information content (AvgIpc) is 2.48. The van der Waals surface area contributed by atoms with Gasteiger partial charge in [0.05, 0.1) is 19.5 Å². The van der Waals surface area contributed by atoms with E-state index in [9.17, 15) is 0 Å². The molecule has 112 valence electrons. The maximum atomic E-state index is 6.39. The first-order chi connectivity index (χ1) is 9.66. The Bertz CT molecular complexity index is 419. The molecule has 0 aromatic rings. The van der Waals surface area contributed by atoms with E-state index >= 15 is 0 Å². The molecular formula is C17H27NO2. The van der Waals surface area contributed by atoms with E-state index in [1.807, 2.05) is 6.26 Å². The Balaban J connectivity index is 2.05. The fourth-order valence-electron chi connectivity index (χ4n) is 4.27. The standard InChI is InChI=1S/C17H27NO2/c1-13(2)15-7-6-14(3)16-5-4-10-20-17(15,16)18-8-11-19-12-9-18/h4,10,14,16H,5-9,11-12H2,1-3H3/t14-,16?,17+/m1/s1. The van der Waals surface area contributed by atoms with E-state index < -0.39 is 0 Å². The van der Waals surface area contributed by atoms with Crippen LogP contribution in [0.4, 0.5) is 0 Å². The maximum Gasteiger partial charge on any atom is 0.188 e. The zero-order chi connectivity index (χ0) is 14.2. The molecule has 0 bridgehead atoms. The van der Waals surface area contributed by atoms with Crippen molar-refractivity contribution in [1.82, 2.24) is 4.90 Å². The second-order valence-corrected chi connectivity index (χ2v) is 6.62. The number of hydrogen-bond acceptors (Lipinski definition) is 3. The van der Waals surface area contributed by atoms with Crippen LogP contribution in [0.25, 0.3) is 0 Å². The van der Waals surface area contributed by atoms with Gasteiger partial charge < -0.3 is 9.47 Å². The fourth-order valence-corrected chi connectivity index (χ4v) is 4.27. The van der Waals surface area contributed by atoms with Gasteiger partial charge in [0, 0.05) is 19.0 Å². The molecule has 3 heteroatoms. The summed E-state index contributed by atoms with van der Waals surface area (Å²) < 4.78 is 11.9. The van der Waals surface area contributed by atoms with Crippen LogP contribution in [0.3, 0.4) is 0 Å². The minimum atomic E-state index is -0.199. The number of ether oxygens (including phenoxy) is 2. The molecule has 0 spiro atoms. The fraction of sp³-hybridized carbons (Fsp3) is 0.765. The third-order valence-corrected chi connectivity index (χ3v) is 5.29. The molecular weight excluding hydrogens is 250 g/mol. The van der Waals surface area contributed by atoms with Crippen molar-refractivity contribution in [3.05, 3.63) is 23.5 Å². The molecule has 3 rings (SSSR count). The van der Waals surface area contributed by atoms with Gasteiger partial charge in [-0.25, -0.2) is 0 Å². The molecule has 20 heavy (non-hydrogen) atoms. The minimum absolute atomic E-state index is 0.199. The number of nitrogens with zero attached hydrogens (tertiary/aromatic N) is 1. The first kappa shape index (κ1) is 14.2. The van der Waals surface area contributed by atoms with Crippen molar-refractivity contribution in [3.8, 4) is 0 Å². The lowest BCUT2D eigenvalue weighted by molar-refractivity contribution is -0.181. The van der Waals surface area contributed by atoms with Crippen LogP contribution in [-0.2, 0) is 9.47 Å². The highest BCUT2D eigenvalue weighted by atomic mass is 16.5. The summed E-state index contributed by atoms with van der Waals surface area (Å²) in [5, 5.41) is 0. The van der Waals surface area contributed by atoms with Crippen molar-refractivity contribution in [3.63, 3.8) is 0 Å². The van der Waals surface area contributed by atoms with Gasteiger partial charge in [-0.15, -0.1) is 0 Å². The van der Waals surface area contributed by atoms with Crippen LogP contribution in [0.1, 0.15) is 40.0 Å². The number of hydrogen-bond donors (Lipinski definition) is 0. The Kier molecular flexibility index (Phi) is 3.91. The smallest absolute Gasteiger partial charge is 0.188 e. The topological polar surface area (TPSA) is 21.7 Å². The van der Waals surface area contributed by atoms with Crippen molar-refractivity contribution >= 4 is 0 Å². The normalized spacial score (nSPS) is 38.2. The number of fused-ring (bicyclic) bond motifs is 1. The molecule has 2 aliphatic heterocycles. The highest BCUT2D eigenvalue weighted by Gasteiger charge is 2.54. The van der Waals surface area contributed by atoms with Crippen molar-refractivity contribution in [2.24, 2.45) is 11.8 Å². The average molecular weight is 277 g/mol. The van der Waals surface area contributed by atoms with E-state index in [0.29, 0.717) is 11.8 Å². The summed E-state index contributed by atoms with van der Waals surface area (Å²) in [4.78, 5) is 2.54. The van der Waals surface area contributed by atoms with Crippen LogP contribution in [0, 0.1) is 11.8 Å². The SMILES string of the molecule is CC(C)=C1CC[C@@H](C)C2CC=CO[C@@]12N1CCOCC1. The number of morpholine rings is 1. The van der Waals surface area contributed by atoms with E-state index in [2.05, 4.69) is 31.7 Å². The third kappa shape index (κ3) is 2.11. The lowest BCUT2D eigenvalue weighted by atomic mass is 9.67. The lowest BCUT2D eigenvalue weighted by Crippen LogP contribution is -2.63. The molecule has 2 fully saturated rings. The van der Waals surface area contributed by atoms with E-state index in [-0.39, 0.29) is 5.72 Å². The molecule has 0 N–H and O–H groups in total. The minimum Gasteiger partial charge on any atom is -0.476 e. The zero-order valence-electron chi connectivity index (χ0n) is 13.0. The second kappa shape index (κ2) is 5.53. The summed E-state index contributed by atoms with van der Waals surface area (Å²) in [7, 11) is 0. The summed E-state index contributed by atoms with van der Waals surface area (Å²) in [6, 6.07) is 0. The summed E-state index contributed by atoms with van der Waals surface area (Å²) in [5.41, 5.74) is 2.75. The molecule has 3 aliphatic rings. The van der Waals surface area contributed by atoms with Crippen molar-refractivity contribution < 1.29 is 9.47 Å². The van der Waals surface area contributed by atoms with Crippen LogP contribution in [-0.4, -0.2) is 36.9 Å². The summed E-state index contributed by atoms with van der Waals surface area (Å²) in [6.45, 7) is 10.5. The highest BCUT2D eigenvalue weighted by molar-refractivity contribution is 5.28. The van der Waals surface area contributed by atoms with Crippen LogP contribution in [0.5, 0.6) is 0 Å². The Hall–Kier alpha value is -0.800. The van der Waals surface area contributed by atoms with Gasteiger partial charge in [-0.05, 0) is 50.7 Å². The third-order valence-electron chi connectivity index (χ3n) is 5.29. The van der Waals surface area contributed by atoms with E-state index in [1.54, 1.807) is 0 Å². The quantitative estimate of drug-likeness (QED) is 0.686. The van der Waals surface area contributed by atoms with Gasteiger partial charge >= 0.3 is 0 Å². The molecule has 2 heterocycles. The monoisotopic (exact) mass is 277 g/mol. The largest absolute Gasteiger partial charge is 0.476 e. The van der Waals surface area contributed by atoms with Gasteiger partial charge in [0.25, 0.3) is 0 Å². The van der Waals surface area contributed by atoms with Crippen LogP contribution in [0.15, 0.2) is 23.5 Å². The van der Waals surface area contributed by atoms with Crippen molar-refractivity contribution in [1.29, 1.82) is 0 Å². The van der Waals surface area contributed by atoms with Gasteiger partial charge in [-0.2, -0.15) is 0 Å². The van der Waals surface area contributed by atoms with Gasteiger partial charge in [0.15, 0.2) is 5.72 Å². The first-order valence-electron chi connectivity index (χ1n) is 7.98. The Labute approximate surface area is 122 Å². The van der Waals surface area contributed by atoms with Gasteiger partial charge in [-0.1, -0.05) is 12.5 Å². The van der Waals surface area contributed by atoms with E-state index in [4.69, 9.17) is 9.47 Å². The van der Waals surface area contributed by atoms with E-state index in [0.717, 1.165) is 32.7 Å². The maximum absolute atomic E-state index is 6.39. The first-order valence-corrected chi connectivity index (χ1v) is 7.98. The predicted octanol–water partition coefficient (Wildman–Crippen LogP) is 3.33. The molecule has 1 unspecified atom stereocenters. The molecule has 0 aromatic heterocycles. The Morgan fingerprint density at radius 1 is 1.30 bits per heavy atom. The van der Waals surface area contributed by atoms with Crippen LogP contribution >= 0.6 is 0 Å². The second-order valence-electron chi connectivity index (χ2n) is 6.62. The predicted molar refractivity (Wildman–Crippen MR) is 80.2 cm³/mol. The van der Waals surface area contributed by atoms with Crippen LogP contribution < -0.4 is 0 Å². The van der Waals surface area contributed by atoms with Gasteiger partial charge in [-0.3, -0.25) is 4.90 Å². The van der Waals surface area contributed by atoms with Crippen molar-refractivity contribution in [2.75, 3.05) is 26.3 Å². The van der Waals surface area contributed by atoms with E-state index in [1.165, 1.54) is 24.0 Å². The lowest BCUT2D eigenvalue weighted by Gasteiger charge is -2.56. The molecule has 1 saturated carbocycles. The van der Waals surface area contributed by atoms with Gasteiger partial charge in [0.1, 0.15) is 0 Å². The molecule has 0 aromatic carbocycles. The van der Waals surface area contributed by atoms with Crippen LogP contribution in [0.2, 0.25) is 0 Å². The summed E-state index contributed by atoms with van der Waals surface area (Å²) in [6.07, 6.45) is 7.73. The van der Waals surface area contributed by atoms with Gasteiger partial charge in [0.2, 0.25) is 0 Å². The molecule has 1 saturated heterocycles. The molecule has 3 atom stereocenters. The summed E-state index contributed by atoms with van der Waals surface area (Å²) >= 11 is 0. The Morgan fingerprint density at radius 2 is 2.05 bits per heavy atom. The number of rotatable bonds is 1. The molecule has 0 amide bonds. The number of allylic oxidation sites excluding steroid dienone is 2. The molecule has 0 radical (unpaired) electrons. The molecule has 1 aliphatic carbocycles. The molecule has 3 nitrogen and oxygen atoms in total. The zero-order valence-corrected chi connectivity index (χ0v) is 13.0. The van der Waals surface area contributed by atoms with Crippen molar-refractivity contribution in [2.45, 2.75) is 45.8 Å². The Morgan fingerprint density at radius 3 is 2.75 bits per heavy atom.